The molecular formula is C14H17F2NO2. The molecule has 1 aromatic rings. The first-order valence-electron chi connectivity index (χ1n) is 5.99. The van der Waals surface area contributed by atoms with Crippen molar-refractivity contribution >= 4 is 5.97 Å². The van der Waals surface area contributed by atoms with E-state index in [0.717, 1.165) is 6.07 Å². The molecule has 19 heavy (non-hydrogen) atoms. The fourth-order valence-electron chi connectivity index (χ4n) is 1.72. The van der Waals surface area contributed by atoms with Gasteiger partial charge in [-0.15, -0.1) is 6.58 Å². The van der Waals surface area contributed by atoms with Gasteiger partial charge in [-0.2, -0.15) is 0 Å². The molecule has 0 spiro atoms. The third kappa shape index (κ3) is 5.61. The molecule has 104 valence electrons. The summed E-state index contributed by atoms with van der Waals surface area (Å²) in [5.74, 6) is -1.64. The first-order valence-corrected chi connectivity index (χ1v) is 5.99. The van der Waals surface area contributed by atoms with Crippen LogP contribution in [0.2, 0.25) is 0 Å². The van der Waals surface area contributed by atoms with E-state index in [2.05, 4.69) is 6.58 Å². The summed E-state index contributed by atoms with van der Waals surface area (Å²) in [6.45, 7) is 6.34. The average Bonchev–Trinajstić information content (AvgIpc) is 2.27. The molecule has 1 aromatic carbocycles. The molecule has 0 aliphatic rings. The second-order valence-corrected chi connectivity index (χ2v) is 4.04. The van der Waals surface area contributed by atoms with E-state index in [1.54, 1.807) is 17.9 Å². The zero-order chi connectivity index (χ0) is 14.3. The quantitative estimate of drug-likeness (QED) is 0.562. The van der Waals surface area contributed by atoms with Gasteiger partial charge in [-0.3, -0.25) is 9.69 Å². The Morgan fingerprint density at radius 3 is 2.53 bits per heavy atom. The highest BCUT2D eigenvalue weighted by molar-refractivity contribution is 5.71. The van der Waals surface area contributed by atoms with Crippen LogP contribution in [-0.2, 0) is 16.1 Å². The second-order valence-electron chi connectivity index (χ2n) is 4.04. The van der Waals surface area contributed by atoms with Gasteiger partial charge in [-0.1, -0.05) is 6.08 Å². The number of carbonyl (C=O) groups is 1. The van der Waals surface area contributed by atoms with Crippen molar-refractivity contribution in [2.45, 2.75) is 13.5 Å². The van der Waals surface area contributed by atoms with Gasteiger partial charge in [0.25, 0.3) is 0 Å². The van der Waals surface area contributed by atoms with Crippen LogP contribution in [-0.4, -0.2) is 30.6 Å². The molecule has 0 radical (unpaired) electrons. The zero-order valence-electron chi connectivity index (χ0n) is 10.9. The maximum atomic E-state index is 13.1. The summed E-state index contributed by atoms with van der Waals surface area (Å²) >= 11 is 0. The molecule has 0 unspecified atom stereocenters. The lowest BCUT2D eigenvalue weighted by Gasteiger charge is -2.19. The molecule has 0 aliphatic carbocycles. The number of ether oxygens (including phenoxy) is 1. The fraction of sp³-hybridized carbons (Fsp3) is 0.357. The summed E-state index contributed by atoms with van der Waals surface area (Å²) in [5.41, 5.74) is 0.462. The molecule has 3 nitrogen and oxygen atoms in total. The van der Waals surface area contributed by atoms with E-state index < -0.39 is 11.6 Å². The van der Waals surface area contributed by atoms with E-state index in [1.165, 1.54) is 12.1 Å². The number of carbonyl (C=O) groups excluding carboxylic acids is 1. The predicted molar refractivity (Wildman–Crippen MR) is 68.5 cm³/mol. The monoisotopic (exact) mass is 269 g/mol. The van der Waals surface area contributed by atoms with Gasteiger partial charge in [0, 0.05) is 19.2 Å². The Balaban J connectivity index is 2.71. The average molecular weight is 269 g/mol. The van der Waals surface area contributed by atoms with Crippen molar-refractivity contribution in [3.05, 3.63) is 48.1 Å². The van der Waals surface area contributed by atoms with Gasteiger partial charge in [0.1, 0.15) is 11.6 Å². The lowest BCUT2D eigenvalue weighted by molar-refractivity contribution is -0.144. The van der Waals surface area contributed by atoms with Crippen LogP contribution >= 0.6 is 0 Å². The summed E-state index contributed by atoms with van der Waals surface area (Å²) in [6, 6.07) is 3.29. The lowest BCUT2D eigenvalue weighted by Crippen LogP contribution is -2.30. The van der Waals surface area contributed by atoms with E-state index in [1.807, 2.05) is 0 Å². The minimum atomic E-state index is -0.635. The Morgan fingerprint density at radius 1 is 1.37 bits per heavy atom. The minimum Gasteiger partial charge on any atom is -0.465 e. The number of hydrogen-bond donors (Lipinski definition) is 0. The van der Waals surface area contributed by atoms with Crippen molar-refractivity contribution in [3.63, 3.8) is 0 Å². The van der Waals surface area contributed by atoms with E-state index in [4.69, 9.17) is 4.74 Å². The number of esters is 1. The van der Waals surface area contributed by atoms with Crippen LogP contribution in [0.15, 0.2) is 30.9 Å². The summed E-state index contributed by atoms with van der Waals surface area (Å²) in [5, 5.41) is 0. The number of benzene rings is 1. The zero-order valence-corrected chi connectivity index (χ0v) is 10.9. The smallest absolute Gasteiger partial charge is 0.320 e. The molecule has 5 heteroatoms. The molecule has 0 saturated carbocycles. The normalized spacial score (nSPS) is 10.5. The van der Waals surface area contributed by atoms with Crippen LogP contribution < -0.4 is 0 Å². The van der Waals surface area contributed by atoms with Gasteiger partial charge in [0.15, 0.2) is 0 Å². The van der Waals surface area contributed by atoms with Crippen LogP contribution in [0.5, 0.6) is 0 Å². The van der Waals surface area contributed by atoms with Crippen LogP contribution in [0, 0.1) is 11.6 Å². The van der Waals surface area contributed by atoms with Gasteiger partial charge < -0.3 is 4.74 Å². The molecular weight excluding hydrogens is 252 g/mol. The van der Waals surface area contributed by atoms with Crippen molar-refractivity contribution in [2.75, 3.05) is 19.7 Å². The number of halogens is 2. The van der Waals surface area contributed by atoms with Gasteiger partial charge in [-0.05, 0) is 24.6 Å². The molecule has 0 amide bonds. The van der Waals surface area contributed by atoms with E-state index >= 15 is 0 Å². The van der Waals surface area contributed by atoms with Gasteiger partial charge in [0.2, 0.25) is 0 Å². The summed E-state index contributed by atoms with van der Waals surface area (Å²) in [4.78, 5) is 13.1. The first kappa shape index (κ1) is 15.3. The number of rotatable bonds is 7. The molecule has 1 rings (SSSR count). The maximum Gasteiger partial charge on any atom is 0.320 e. The van der Waals surface area contributed by atoms with Crippen LogP contribution in [0.3, 0.4) is 0 Å². The van der Waals surface area contributed by atoms with Crippen LogP contribution in [0.25, 0.3) is 0 Å². The fourth-order valence-corrected chi connectivity index (χ4v) is 1.72. The third-order valence-electron chi connectivity index (χ3n) is 2.37. The van der Waals surface area contributed by atoms with Crippen molar-refractivity contribution in [1.29, 1.82) is 0 Å². The highest BCUT2D eigenvalue weighted by atomic mass is 19.1. The van der Waals surface area contributed by atoms with E-state index in [-0.39, 0.29) is 19.1 Å². The van der Waals surface area contributed by atoms with Gasteiger partial charge >= 0.3 is 5.97 Å². The maximum absolute atomic E-state index is 13.1. The molecule has 0 fully saturated rings. The van der Waals surface area contributed by atoms with Crippen molar-refractivity contribution in [1.82, 2.24) is 4.90 Å². The molecule has 0 saturated heterocycles. The van der Waals surface area contributed by atoms with Crippen molar-refractivity contribution in [3.8, 4) is 0 Å². The topological polar surface area (TPSA) is 29.5 Å². The van der Waals surface area contributed by atoms with E-state index in [0.29, 0.717) is 18.7 Å². The highest BCUT2D eigenvalue weighted by Gasteiger charge is 2.12. The van der Waals surface area contributed by atoms with Crippen LogP contribution in [0.4, 0.5) is 8.78 Å². The summed E-state index contributed by atoms with van der Waals surface area (Å²) in [7, 11) is 0. The Morgan fingerprint density at radius 2 is 2.00 bits per heavy atom. The highest BCUT2D eigenvalue weighted by Crippen LogP contribution is 2.10. The Kier molecular flexibility index (Phi) is 6.15. The lowest BCUT2D eigenvalue weighted by atomic mass is 10.2. The standard InChI is InChI=1S/C14H17F2NO2/c1-3-5-17(10-14(18)19-4-2)9-11-6-12(15)8-13(16)7-11/h3,6-8H,1,4-5,9-10H2,2H3. The van der Waals surface area contributed by atoms with Crippen molar-refractivity contribution in [2.24, 2.45) is 0 Å². The number of nitrogens with zero attached hydrogens (tertiary/aromatic N) is 1. The third-order valence-corrected chi connectivity index (χ3v) is 2.37. The molecule has 0 heterocycles. The van der Waals surface area contributed by atoms with Crippen LogP contribution in [0.1, 0.15) is 12.5 Å². The van der Waals surface area contributed by atoms with E-state index in [9.17, 15) is 13.6 Å². The van der Waals surface area contributed by atoms with Gasteiger partial charge in [-0.25, -0.2) is 8.78 Å². The predicted octanol–water partition coefficient (Wildman–Crippen LogP) is 2.52. The summed E-state index contributed by atoms with van der Waals surface area (Å²) < 4.78 is 31.0. The molecule has 0 aliphatic heterocycles. The second kappa shape index (κ2) is 7.63. The van der Waals surface area contributed by atoms with Gasteiger partial charge in [0.05, 0.1) is 13.2 Å². The Hall–Kier alpha value is -1.75. The molecule has 0 atom stereocenters. The summed E-state index contributed by atoms with van der Waals surface area (Å²) in [6.07, 6.45) is 1.62. The molecule has 0 N–H and O–H groups in total. The Bertz CT molecular complexity index is 429. The SMILES string of the molecule is C=CCN(CC(=O)OCC)Cc1cc(F)cc(F)c1. The Labute approximate surface area is 111 Å². The first-order chi connectivity index (χ1) is 9.05. The largest absolute Gasteiger partial charge is 0.465 e. The number of hydrogen-bond acceptors (Lipinski definition) is 3. The minimum absolute atomic E-state index is 0.0536. The molecule has 0 aromatic heterocycles. The van der Waals surface area contributed by atoms with Crippen molar-refractivity contribution < 1.29 is 18.3 Å². The molecule has 0 bridgehead atoms.